The molecule has 1 amide bonds. The second kappa shape index (κ2) is 6.18. The fourth-order valence-corrected chi connectivity index (χ4v) is 2.97. The highest BCUT2D eigenvalue weighted by Gasteiger charge is 2.53. The van der Waals surface area contributed by atoms with E-state index in [1.807, 2.05) is 6.92 Å². The van der Waals surface area contributed by atoms with E-state index in [2.05, 4.69) is 0 Å². The van der Waals surface area contributed by atoms with Crippen LogP contribution >= 0.6 is 0 Å². The minimum atomic E-state index is -1.19. The maximum atomic E-state index is 11.8. The second-order valence-electron chi connectivity index (χ2n) is 4.87. The summed E-state index contributed by atoms with van der Waals surface area (Å²) in [6.07, 6.45) is 3.26. The van der Waals surface area contributed by atoms with Crippen molar-refractivity contribution in [2.45, 2.75) is 57.6 Å². The number of aliphatic carboxylic acids is 1. The Hall–Kier alpha value is -1.10. The average Bonchev–Trinajstić information content (AvgIpc) is 2.35. The largest absolute Gasteiger partial charge is 0.479 e. The van der Waals surface area contributed by atoms with Gasteiger partial charge in [0.15, 0.2) is 5.54 Å². The fourth-order valence-electron chi connectivity index (χ4n) is 2.97. The molecule has 0 spiro atoms. The molecule has 1 saturated carbocycles. The molecule has 18 heavy (non-hydrogen) atoms. The van der Waals surface area contributed by atoms with E-state index >= 15 is 0 Å². The molecular weight excluding hydrogens is 234 g/mol. The summed E-state index contributed by atoms with van der Waals surface area (Å²) in [5.74, 6) is -1.14. The van der Waals surface area contributed by atoms with Crippen LogP contribution < -0.4 is 0 Å². The molecule has 0 aromatic rings. The summed E-state index contributed by atoms with van der Waals surface area (Å²) in [7, 11) is 1.53. The number of carbonyl (C=O) groups is 2. The highest BCUT2D eigenvalue weighted by atomic mass is 16.5. The molecule has 0 bridgehead atoms. The van der Waals surface area contributed by atoms with Gasteiger partial charge in [-0.25, -0.2) is 4.79 Å². The van der Waals surface area contributed by atoms with Crippen molar-refractivity contribution in [3.8, 4) is 0 Å². The molecule has 104 valence electrons. The number of carbonyl (C=O) groups excluding carboxylic acids is 1. The summed E-state index contributed by atoms with van der Waals surface area (Å²) in [5, 5.41) is 9.66. The van der Waals surface area contributed by atoms with Crippen molar-refractivity contribution >= 4 is 11.9 Å². The van der Waals surface area contributed by atoms with Crippen molar-refractivity contribution < 1.29 is 19.4 Å². The number of hydrogen-bond acceptors (Lipinski definition) is 3. The molecule has 5 nitrogen and oxygen atoms in total. The summed E-state index contributed by atoms with van der Waals surface area (Å²) >= 11 is 0. The van der Waals surface area contributed by atoms with Crippen LogP contribution in [0.1, 0.15) is 46.0 Å². The monoisotopic (exact) mass is 257 g/mol. The van der Waals surface area contributed by atoms with Gasteiger partial charge < -0.3 is 14.7 Å². The quantitative estimate of drug-likeness (QED) is 0.813. The van der Waals surface area contributed by atoms with Crippen LogP contribution in [0.5, 0.6) is 0 Å². The lowest BCUT2D eigenvalue weighted by Gasteiger charge is -2.47. The lowest BCUT2D eigenvalue weighted by molar-refractivity contribution is -0.174. The van der Waals surface area contributed by atoms with Gasteiger partial charge >= 0.3 is 5.97 Å². The molecule has 1 aliphatic carbocycles. The first-order valence-corrected chi connectivity index (χ1v) is 6.55. The molecule has 2 unspecified atom stereocenters. The first kappa shape index (κ1) is 15.0. The molecule has 2 atom stereocenters. The van der Waals surface area contributed by atoms with E-state index in [1.165, 1.54) is 18.9 Å². The van der Waals surface area contributed by atoms with Crippen LogP contribution in [-0.2, 0) is 14.3 Å². The van der Waals surface area contributed by atoms with Crippen LogP contribution in [0.4, 0.5) is 0 Å². The summed E-state index contributed by atoms with van der Waals surface area (Å²) in [5.41, 5.74) is -1.19. The Kier molecular flexibility index (Phi) is 5.14. The van der Waals surface area contributed by atoms with Gasteiger partial charge in [-0.2, -0.15) is 0 Å². The van der Waals surface area contributed by atoms with Crippen molar-refractivity contribution in [3.05, 3.63) is 0 Å². The smallest absolute Gasteiger partial charge is 0.332 e. The Morgan fingerprint density at radius 2 is 2.11 bits per heavy atom. The van der Waals surface area contributed by atoms with Gasteiger partial charge in [-0.3, -0.25) is 4.79 Å². The predicted molar refractivity (Wildman–Crippen MR) is 67.3 cm³/mol. The SMILES string of the molecule is CCCN(C(C)=O)C1(C(=O)O)CCCCC1OC. The molecule has 1 N–H and O–H groups in total. The second-order valence-corrected chi connectivity index (χ2v) is 4.87. The van der Waals surface area contributed by atoms with E-state index in [9.17, 15) is 14.7 Å². The van der Waals surface area contributed by atoms with Crippen LogP contribution in [0.25, 0.3) is 0 Å². The zero-order chi connectivity index (χ0) is 13.8. The van der Waals surface area contributed by atoms with Crippen molar-refractivity contribution in [1.29, 1.82) is 0 Å². The van der Waals surface area contributed by atoms with E-state index in [0.29, 0.717) is 19.4 Å². The van der Waals surface area contributed by atoms with Gasteiger partial charge in [-0.1, -0.05) is 19.8 Å². The highest BCUT2D eigenvalue weighted by molar-refractivity contribution is 5.87. The molecule has 5 heteroatoms. The summed E-state index contributed by atoms with van der Waals surface area (Å²) in [6.45, 7) is 3.83. The van der Waals surface area contributed by atoms with Crippen LogP contribution in [0, 0.1) is 0 Å². The Morgan fingerprint density at radius 1 is 1.44 bits per heavy atom. The van der Waals surface area contributed by atoms with E-state index in [4.69, 9.17) is 4.74 Å². The van der Waals surface area contributed by atoms with Crippen LogP contribution in [0.2, 0.25) is 0 Å². The van der Waals surface area contributed by atoms with E-state index in [-0.39, 0.29) is 5.91 Å². The molecule has 0 aromatic heterocycles. The third-order valence-electron chi connectivity index (χ3n) is 3.77. The van der Waals surface area contributed by atoms with E-state index in [0.717, 1.165) is 19.3 Å². The summed E-state index contributed by atoms with van der Waals surface area (Å²) < 4.78 is 5.37. The number of rotatable bonds is 5. The number of carboxylic acids is 1. The molecule has 1 fully saturated rings. The number of hydrogen-bond donors (Lipinski definition) is 1. The zero-order valence-corrected chi connectivity index (χ0v) is 11.4. The van der Waals surface area contributed by atoms with Gasteiger partial charge in [0.2, 0.25) is 5.91 Å². The minimum absolute atomic E-state index is 0.191. The maximum absolute atomic E-state index is 11.8. The predicted octanol–water partition coefficient (Wildman–Crippen LogP) is 1.66. The fraction of sp³-hybridized carbons (Fsp3) is 0.846. The van der Waals surface area contributed by atoms with Crippen LogP contribution in [0.15, 0.2) is 0 Å². The van der Waals surface area contributed by atoms with E-state index in [1.54, 1.807) is 0 Å². The normalized spacial score (nSPS) is 27.8. The molecule has 0 aromatic carbocycles. The van der Waals surface area contributed by atoms with Crippen molar-refractivity contribution in [3.63, 3.8) is 0 Å². The summed E-state index contributed by atoms with van der Waals surface area (Å²) in [4.78, 5) is 25.1. The van der Waals surface area contributed by atoms with Gasteiger partial charge in [-0.05, 0) is 19.3 Å². The minimum Gasteiger partial charge on any atom is -0.479 e. The van der Waals surface area contributed by atoms with Gasteiger partial charge in [-0.15, -0.1) is 0 Å². The molecule has 1 rings (SSSR count). The molecule has 0 radical (unpaired) electrons. The van der Waals surface area contributed by atoms with Crippen LogP contribution in [-0.4, -0.2) is 47.2 Å². The van der Waals surface area contributed by atoms with E-state index < -0.39 is 17.6 Å². The molecule has 1 aliphatic rings. The number of nitrogens with zero attached hydrogens (tertiary/aromatic N) is 1. The average molecular weight is 257 g/mol. The van der Waals surface area contributed by atoms with Gasteiger partial charge in [0.25, 0.3) is 0 Å². The van der Waals surface area contributed by atoms with Crippen molar-refractivity contribution in [2.24, 2.45) is 0 Å². The van der Waals surface area contributed by atoms with Gasteiger partial charge in [0, 0.05) is 20.6 Å². The molecule has 0 aliphatic heterocycles. The maximum Gasteiger partial charge on any atom is 0.332 e. The van der Waals surface area contributed by atoms with Gasteiger partial charge in [0.05, 0.1) is 6.10 Å². The summed E-state index contributed by atoms with van der Waals surface area (Å²) in [6, 6.07) is 0. The molecular formula is C13H23NO4. The van der Waals surface area contributed by atoms with Crippen molar-refractivity contribution in [2.75, 3.05) is 13.7 Å². The number of carboxylic acid groups (broad SMARTS) is 1. The number of amides is 1. The third kappa shape index (κ3) is 2.51. The Balaban J connectivity index is 3.17. The lowest BCUT2D eigenvalue weighted by atomic mass is 9.77. The third-order valence-corrected chi connectivity index (χ3v) is 3.77. The highest BCUT2D eigenvalue weighted by Crippen LogP contribution is 2.36. The first-order valence-electron chi connectivity index (χ1n) is 6.55. The Labute approximate surface area is 108 Å². The molecule has 0 heterocycles. The van der Waals surface area contributed by atoms with Gasteiger partial charge in [0.1, 0.15) is 0 Å². The Morgan fingerprint density at radius 3 is 2.56 bits per heavy atom. The number of ether oxygens (including phenoxy) is 1. The lowest BCUT2D eigenvalue weighted by Crippen LogP contribution is -2.65. The molecule has 0 saturated heterocycles. The van der Waals surface area contributed by atoms with Crippen molar-refractivity contribution in [1.82, 2.24) is 4.90 Å². The zero-order valence-electron chi connectivity index (χ0n) is 11.4. The standard InChI is InChI=1S/C13H23NO4/c1-4-9-14(10(2)15)13(12(16)17)8-6-5-7-11(13)18-3/h11H,4-9H2,1-3H3,(H,16,17). The first-order chi connectivity index (χ1) is 8.50. The Bertz CT molecular complexity index is 318. The van der Waals surface area contributed by atoms with Crippen LogP contribution in [0.3, 0.4) is 0 Å². The number of methoxy groups -OCH3 is 1. The topological polar surface area (TPSA) is 66.8 Å².